The van der Waals surface area contributed by atoms with Gasteiger partial charge in [0.05, 0.1) is 34.2 Å². The largest absolute Gasteiger partial charge is 2.00 e. The quantitative estimate of drug-likeness (QED) is 0.0824. The summed E-state index contributed by atoms with van der Waals surface area (Å²) in [5.74, 6) is 0.333. The second kappa shape index (κ2) is 37.0. The maximum absolute atomic E-state index is 10.7. The average Bonchev–Trinajstić information content (AvgIpc) is 3.21. The Morgan fingerprint density at radius 2 is 0.375 bits per heavy atom. The van der Waals surface area contributed by atoms with Crippen molar-refractivity contribution >= 4 is 42.8 Å². The number of rotatable bonds is 12. The number of nitrogens with zero attached hydrogens (tertiary/aromatic N) is 8. The van der Waals surface area contributed by atoms with Gasteiger partial charge in [-0.25, -0.2) is 0 Å². The van der Waals surface area contributed by atoms with Gasteiger partial charge < -0.3 is 42.4 Å². The number of hydrogen-bond donors (Lipinski definition) is 0. The van der Waals surface area contributed by atoms with Crippen molar-refractivity contribution in [1.29, 1.82) is 0 Å². The average molecular weight is 1750 g/mol. The van der Waals surface area contributed by atoms with E-state index in [9.17, 15) is 110 Å². The third kappa shape index (κ3) is 116. The third-order valence-corrected chi connectivity index (χ3v) is 6.67. The summed E-state index contributed by atoms with van der Waals surface area (Å²) in [6.45, 7) is 10.7. The number of hydrogen-bond acceptors (Lipinski definition) is 10. The van der Waals surface area contributed by atoms with Crippen molar-refractivity contribution in [2.75, 3.05) is 0 Å². The van der Waals surface area contributed by atoms with Gasteiger partial charge in [0.25, 0.3) is 0 Å². The molecule has 46 heteroatoms. The van der Waals surface area contributed by atoms with Crippen molar-refractivity contribution in [1.82, 2.24) is 39.7 Å². The van der Waals surface area contributed by atoms with E-state index in [0.717, 1.165) is 73.4 Å². The first-order valence-electron chi connectivity index (χ1n) is 21.1. The smallest absolute Gasteiger partial charge is 0.0544 e. The van der Waals surface area contributed by atoms with Gasteiger partial charge in [-0.2, -0.15) is 0 Å². The van der Waals surface area contributed by atoms with Crippen LogP contribution in [0, 0.1) is 0 Å². The maximum Gasteiger partial charge on any atom is 0.0544 e. The minimum absolute atomic E-state index is 0. The summed E-state index contributed by atoms with van der Waals surface area (Å²) in [6, 6.07) is 36.0. The van der Waals surface area contributed by atoms with Gasteiger partial charge in [-0.15, -0.1) is 0 Å². The van der Waals surface area contributed by atoms with Crippen molar-refractivity contribution in [2.24, 2.45) is 0 Å². The molecule has 0 spiro atoms. The molecule has 16 nitrogen and oxygen atoms in total. The van der Waals surface area contributed by atoms with Gasteiger partial charge in [-0.3, -0.25) is 39.7 Å². The number of carbonyl (C=O) groups is 2. The Kier molecular flexibility index (Phi) is 44.1. The van der Waals surface area contributed by atoms with Gasteiger partial charge in [0, 0.05) is 117 Å². The van der Waals surface area contributed by atoms with Crippen LogP contribution in [0.5, 0.6) is 0 Å². The molecule has 0 saturated heterocycles. The van der Waals surface area contributed by atoms with E-state index in [1.807, 2.05) is 146 Å². The van der Waals surface area contributed by atoms with Crippen LogP contribution in [-0.4, -0.2) is 73.2 Å². The summed E-state index contributed by atoms with van der Waals surface area (Å²) in [7, 11) is -42.6. The minimum Gasteiger partial charge on any atom is -2.00 e. The molecule has 0 aliphatic carbocycles. The van der Waals surface area contributed by atoms with Gasteiger partial charge in [-0.05, 0) is 100 Å². The number of pyridine rings is 6. The molecule has 6 rings (SSSR count). The Hall–Kier alpha value is -4.72. The van der Waals surface area contributed by atoms with Crippen LogP contribution in [0.1, 0.15) is 61.9 Å². The standard InChI is InChI=1S/2C18H18N4.2C3H6O.4F6P.4H2O.2O.2Re/c2*1-4-10-19-16(7-1)13-22(14-17-8-2-5-11-20-17)15-18-9-3-6-12-21-18;2*1-3(2)4;4*1-7(2,3,4,5)6;;;;;;;;/h2*1-12H,13-15H2;2*1-2H3;;;;;4*1H2;;;;/q;;;;4*-1;;;;;2*-2;;. The topological polar surface area (TPSA) is 301 Å². The van der Waals surface area contributed by atoms with Gasteiger partial charge >= 0.3 is 132 Å². The van der Waals surface area contributed by atoms with Crippen molar-refractivity contribution < 1.29 is 184 Å². The summed E-state index contributed by atoms with van der Waals surface area (Å²) < 4.78 is 237. The van der Waals surface area contributed by atoms with E-state index in [4.69, 9.17) is 0 Å². The molecular weight excluding hydrogens is 1700 g/mol. The number of Topliss-reactive ketones (excluding diaryl/α,β-unsaturated/α-hetero) is 2. The zero-order valence-corrected chi connectivity index (χ0v) is 53.9. The van der Waals surface area contributed by atoms with Crippen LogP contribution in [0.2, 0.25) is 0 Å². The fourth-order valence-electron chi connectivity index (χ4n) is 4.66. The SMILES string of the molecule is CC(C)=O.CC(C)=O.F[P-](F)(F)(F)(F)F.F[P-](F)(F)(F)(F)F.F[P-](F)(F)(F)(F)F.F[P-](F)(F)(F)(F)F.O.O.O.O.[O-2].[O-2].[Re].[Re].c1ccc(CN(Cc2ccccn2)Cc2ccccn2)nc1.c1ccc(CN(Cc2ccccn2)Cc2ccccn2)nc1. The van der Waals surface area contributed by atoms with Crippen LogP contribution in [0.3, 0.4) is 0 Å². The Balaban J connectivity index is -0.000000107. The Morgan fingerprint density at radius 1 is 0.284 bits per heavy atom. The second-order valence-electron chi connectivity index (χ2n) is 15.9. The van der Waals surface area contributed by atoms with Gasteiger partial charge in [0.1, 0.15) is 11.6 Å². The van der Waals surface area contributed by atoms with Crippen molar-refractivity contribution in [3.8, 4) is 0 Å². The molecule has 0 aliphatic rings. The van der Waals surface area contributed by atoms with Crippen LogP contribution in [0.25, 0.3) is 0 Å². The maximum atomic E-state index is 9.87. The zero-order valence-electron chi connectivity index (χ0n) is 44.9. The van der Waals surface area contributed by atoms with Crippen LogP contribution in [0.15, 0.2) is 146 Å². The van der Waals surface area contributed by atoms with E-state index in [-0.39, 0.29) is 85.3 Å². The molecule has 0 amide bonds. The Morgan fingerprint density at radius 3 is 0.443 bits per heavy atom. The monoisotopic (exact) mass is 1750 g/mol. The molecule has 0 fully saturated rings. The van der Waals surface area contributed by atoms with Crippen LogP contribution < -0.4 is 0 Å². The van der Waals surface area contributed by atoms with Gasteiger partial charge in [0.2, 0.25) is 0 Å². The number of halogens is 24. The molecule has 0 saturated carbocycles. The van der Waals surface area contributed by atoms with Gasteiger partial charge in [0.15, 0.2) is 0 Å². The van der Waals surface area contributed by atoms with Crippen LogP contribution in [0.4, 0.5) is 101 Å². The van der Waals surface area contributed by atoms with E-state index in [2.05, 4.69) is 39.7 Å². The number of aromatic nitrogens is 6. The molecule has 8 N–H and O–H groups in total. The predicted octanol–water partition coefficient (Wildman–Crippen LogP) is 17.3. The van der Waals surface area contributed by atoms with E-state index in [1.54, 1.807) is 0 Å². The predicted molar refractivity (Wildman–Crippen MR) is 274 cm³/mol. The summed E-state index contributed by atoms with van der Waals surface area (Å²) in [4.78, 5) is 50.0. The van der Waals surface area contributed by atoms with E-state index < -0.39 is 31.2 Å². The first-order valence-corrected chi connectivity index (χ1v) is 29.2. The molecule has 2 radical (unpaired) electrons. The van der Waals surface area contributed by atoms with Crippen molar-refractivity contribution in [3.63, 3.8) is 0 Å². The zero-order chi connectivity index (χ0) is 62.9. The fourth-order valence-corrected chi connectivity index (χ4v) is 4.66. The molecule has 0 aliphatic heterocycles. The first kappa shape index (κ1) is 105. The molecule has 6 heterocycles. The normalized spacial score (nSPS) is 13.3. The Labute approximate surface area is 512 Å². The summed E-state index contributed by atoms with van der Waals surface area (Å²) in [6.07, 6.45) is 11.0. The third-order valence-electron chi connectivity index (χ3n) is 6.67. The fraction of sp³-hybridized carbons (Fsp3) is 0.238. The molecule has 6 aromatic rings. The summed E-state index contributed by atoms with van der Waals surface area (Å²) in [5.41, 5.74) is 6.30. The minimum atomic E-state index is -10.7. The molecule has 522 valence electrons. The molecular formula is C42H56F24N8O8P4Re2-8. The molecule has 0 bridgehead atoms. The van der Waals surface area contributed by atoms with Crippen molar-refractivity contribution in [3.05, 3.63) is 181 Å². The second-order valence-corrected chi connectivity index (χ2v) is 23.5. The summed E-state index contributed by atoms with van der Waals surface area (Å²) >= 11 is 0. The molecule has 0 aromatic carbocycles. The Bertz CT molecular complexity index is 2290. The molecule has 88 heavy (non-hydrogen) atoms. The first-order chi connectivity index (χ1) is 35.1. The molecule has 0 atom stereocenters. The summed E-state index contributed by atoms with van der Waals surface area (Å²) in [5, 5.41) is 0. The van der Waals surface area contributed by atoms with Crippen LogP contribution in [-0.2, 0) is 101 Å². The molecule has 0 unspecified atom stereocenters. The number of ketones is 2. The van der Waals surface area contributed by atoms with Crippen LogP contribution >= 0.6 is 31.2 Å². The van der Waals surface area contributed by atoms with E-state index in [1.165, 1.54) is 27.7 Å². The molecule has 6 aromatic heterocycles. The number of carbonyl (C=O) groups excluding carboxylic acids is 2. The van der Waals surface area contributed by atoms with E-state index in [0.29, 0.717) is 0 Å². The van der Waals surface area contributed by atoms with Gasteiger partial charge in [-0.1, -0.05) is 36.4 Å². The van der Waals surface area contributed by atoms with Crippen molar-refractivity contribution in [2.45, 2.75) is 67.0 Å². The van der Waals surface area contributed by atoms with E-state index >= 15 is 0 Å².